The van der Waals surface area contributed by atoms with Crippen molar-refractivity contribution in [3.8, 4) is 11.5 Å². The average molecular weight is 394 g/mol. The van der Waals surface area contributed by atoms with E-state index in [0.717, 1.165) is 17.5 Å². The van der Waals surface area contributed by atoms with Crippen molar-refractivity contribution in [2.24, 2.45) is 0 Å². The summed E-state index contributed by atoms with van der Waals surface area (Å²) in [7, 11) is 0. The molecule has 0 spiro atoms. The Labute approximate surface area is 167 Å². The van der Waals surface area contributed by atoms with E-state index in [9.17, 15) is 14.7 Å². The highest BCUT2D eigenvalue weighted by Crippen LogP contribution is 2.29. The van der Waals surface area contributed by atoms with Gasteiger partial charge in [-0.2, -0.15) is 5.21 Å². The first-order valence-corrected chi connectivity index (χ1v) is 9.32. The largest absolute Gasteiger partial charge is 0.507 e. The lowest BCUT2D eigenvalue weighted by Crippen LogP contribution is -2.06. The third-order valence-corrected chi connectivity index (χ3v) is 4.54. The lowest BCUT2D eigenvalue weighted by molar-refractivity contribution is 0.0987. The number of aromatic hydroxyl groups is 1. The molecule has 1 aromatic heterocycles. The van der Waals surface area contributed by atoms with Crippen LogP contribution in [0.5, 0.6) is 11.5 Å². The summed E-state index contributed by atoms with van der Waals surface area (Å²) < 4.78 is 5.83. The van der Waals surface area contributed by atoms with Gasteiger partial charge in [-0.25, -0.2) is 0 Å². The molecular formula is C21H22N4O4. The molecule has 29 heavy (non-hydrogen) atoms. The van der Waals surface area contributed by atoms with Crippen molar-refractivity contribution in [2.75, 3.05) is 0 Å². The smallest absolute Gasteiger partial charge is 0.182 e. The standard InChI is InChI=1S/C21H22N4O4/c1-3-4-18-15(7-10-17(13(2)26)21(18)28)12-29-16-8-5-14(6-9-16)19(27)11-20-22-24-25-23-20/h5-10,28H,3-4,11-12H2,1-2H3,(H,22,23,24,25). The van der Waals surface area contributed by atoms with Crippen molar-refractivity contribution < 1.29 is 19.4 Å². The zero-order valence-electron chi connectivity index (χ0n) is 16.3. The van der Waals surface area contributed by atoms with Crippen LogP contribution >= 0.6 is 0 Å². The molecule has 0 radical (unpaired) electrons. The first-order chi connectivity index (χ1) is 14.0. The zero-order valence-corrected chi connectivity index (χ0v) is 16.3. The molecule has 0 aliphatic heterocycles. The van der Waals surface area contributed by atoms with Crippen molar-refractivity contribution in [1.82, 2.24) is 20.6 Å². The fourth-order valence-corrected chi connectivity index (χ4v) is 3.03. The molecule has 0 bridgehead atoms. The van der Waals surface area contributed by atoms with Gasteiger partial charge in [-0.1, -0.05) is 24.6 Å². The number of aromatic amines is 1. The number of nitrogens with one attached hydrogen (secondary N) is 1. The van der Waals surface area contributed by atoms with Crippen LogP contribution in [0.3, 0.4) is 0 Å². The number of nitrogens with zero attached hydrogens (tertiary/aromatic N) is 3. The minimum atomic E-state index is -0.173. The van der Waals surface area contributed by atoms with Crippen molar-refractivity contribution in [3.63, 3.8) is 0 Å². The second-order valence-electron chi connectivity index (χ2n) is 6.65. The molecule has 0 amide bonds. The van der Waals surface area contributed by atoms with Gasteiger partial charge < -0.3 is 9.84 Å². The Kier molecular flexibility index (Phi) is 6.33. The normalized spacial score (nSPS) is 10.7. The summed E-state index contributed by atoms with van der Waals surface area (Å²) >= 11 is 0. The zero-order chi connectivity index (χ0) is 20.8. The van der Waals surface area contributed by atoms with E-state index in [0.29, 0.717) is 29.1 Å². The summed E-state index contributed by atoms with van der Waals surface area (Å²) in [4.78, 5) is 23.9. The quantitative estimate of drug-likeness (QED) is 0.535. The van der Waals surface area contributed by atoms with E-state index in [-0.39, 0.29) is 30.3 Å². The van der Waals surface area contributed by atoms with E-state index in [2.05, 4.69) is 20.6 Å². The number of carbonyl (C=O) groups is 2. The Morgan fingerprint density at radius 2 is 1.90 bits per heavy atom. The number of aromatic nitrogens is 4. The highest BCUT2D eigenvalue weighted by molar-refractivity contribution is 5.97. The van der Waals surface area contributed by atoms with Gasteiger partial charge in [-0.05, 0) is 49.2 Å². The van der Waals surface area contributed by atoms with Crippen LogP contribution in [0.2, 0.25) is 0 Å². The predicted octanol–water partition coefficient (Wildman–Crippen LogP) is 3.06. The van der Waals surface area contributed by atoms with Crippen LogP contribution < -0.4 is 4.74 Å². The molecule has 0 fully saturated rings. The van der Waals surface area contributed by atoms with Gasteiger partial charge in [0.2, 0.25) is 0 Å². The van der Waals surface area contributed by atoms with Gasteiger partial charge in [0.05, 0.1) is 12.0 Å². The van der Waals surface area contributed by atoms with Gasteiger partial charge in [-0.3, -0.25) is 9.59 Å². The lowest BCUT2D eigenvalue weighted by atomic mass is 9.97. The fraction of sp³-hybridized carbons (Fsp3) is 0.286. The third-order valence-electron chi connectivity index (χ3n) is 4.54. The number of phenols is 1. The third kappa shape index (κ3) is 4.84. The highest BCUT2D eigenvalue weighted by atomic mass is 16.5. The van der Waals surface area contributed by atoms with Gasteiger partial charge in [-0.15, -0.1) is 10.2 Å². The van der Waals surface area contributed by atoms with E-state index < -0.39 is 0 Å². The van der Waals surface area contributed by atoms with Gasteiger partial charge in [0.25, 0.3) is 0 Å². The number of H-pyrrole nitrogens is 1. The molecular weight excluding hydrogens is 372 g/mol. The predicted molar refractivity (Wildman–Crippen MR) is 105 cm³/mol. The molecule has 150 valence electrons. The number of benzene rings is 2. The Morgan fingerprint density at radius 1 is 1.14 bits per heavy atom. The molecule has 0 saturated carbocycles. The molecule has 0 unspecified atom stereocenters. The minimum absolute atomic E-state index is 0.0304. The van der Waals surface area contributed by atoms with E-state index >= 15 is 0 Å². The van der Waals surface area contributed by atoms with Crippen molar-refractivity contribution in [1.29, 1.82) is 0 Å². The maximum atomic E-state index is 12.2. The summed E-state index contributed by atoms with van der Waals surface area (Å²) in [6.07, 6.45) is 1.55. The molecule has 8 heteroatoms. The van der Waals surface area contributed by atoms with Gasteiger partial charge in [0, 0.05) is 11.1 Å². The Bertz CT molecular complexity index is 998. The van der Waals surface area contributed by atoms with Gasteiger partial charge in [0.15, 0.2) is 17.4 Å². The number of hydrogen-bond donors (Lipinski definition) is 2. The molecule has 8 nitrogen and oxygen atoms in total. The lowest BCUT2D eigenvalue weighted by Gasteiger charge is -2.14. The van der Waals surface area contributed by atoms with Crippen LogP contribution in [0.1, 0.15) is 57.9 Å². The van der Waals surface area contributed by atoms with Crippen LogP contribution in [-0.4, -0.2) is 37.3 Å². The fourth-order valence-electron chi connectivity index (χ4n) is 3.03. The Balaban J connectivity index is 1.69. The van der Waals surface area contributed by atoms with Crippen LogP contribution in [0, 0.1) is 0 Å². The average Bonchev–Trinajstić information content (AvgIpc) is 3.21. The van der Waals surface area contributed by atoms with Crippen LogP contribution in [-0.2, 0) is 19.4 Å². The summed E-state index contributed by atoms with van der Waals surface area (Å²) in [5.74, 6) is 0.676. The maximum absolute atomic E-state index is 12.2. The molecule has 0 saturated heterocycles. The summed E-state index contributed by atoms with van der Waals surface area (Å²) in [5, 5.41) is 23.7. The van der Waals surface area contributed by atoms with Crippen LogP contribution in [0.4, 0.5) is 0 Å². The first-order valence-electron chi connectivity index (χ1n) is 9.32. The van der Waals surface area contributed by atoms with Gasteiger partial charge >= 0.3 is 0 Å². The molecule has 3 aromatic rings. The molecule has 1 heterocycles. The molecule has 2 N–H and O–H groups in total. The number of phenolic OH excluding ortho intramolecular Hbond substituents is 1. The topological polar surface area (TPSA) is 118 Å². The van der Waals surface area contributed by atoms with Crippen molar-refractivity contribution in [2.45, 2.75) is 39.7 Å². The molecule has 3 rings (SSSR count). The monoisotopic (exact) mass is 394 g/mol. The number of Topliss-reactive ketones (excluding diaryl/α,β-unsaturated/α-hetero) is 2. The minimum Gasteiger partial charge on any atom is -0.507 e. The number of tetrazole rings is 1. The summed E-state index contributed by atoms with van der Waals surface area (Å²) in [5.41, 5.74) is 2.40. The van der Waals surface area contributed by atoms with Crippen molar-refractivity contribution in [3.05, 3.63) is 64.5 Å². The summed E-state index contributed by atoms with van der Waals surface area (Å²) in [6, 6.07) is 10.2. The van der Waals surface area contributed by atoms with Crippen LogP contribution in [0.25, 0.3) is 0 Å². The molecule has 0 atom stereocenters. The highest BCUT2D eigenvalue weighted by Gasteiger charge is 2.15. The Hall–Kier alpha value is -3.55. The maximum Gasteiger partial charge on any atom is 0.182 e. The SMILES string of the molecule is CCCc1c(COc2ccc(C(=O)Cc3nn[nH]n3)cc2)ccc(C(C)=O)c1O. The van der Waals surface area contributed by atoms with E-state index in [4.69, 9.17) is 4.74 Å². The number of ether oxygens (including phenoxy) is 1. The van der Waals surface area contributed by atoms with E-state index in [1.807, 2.05) is 13.0 Å². The van der Waals surface area contributed by atoms with E-state index in [1.54, 1.807) is 30.3 Å². The molecule has 2 aromatic carbocycles. The second kappa shape index (κ2) is 9.09. The number of hydrogen-bond acceptors (Lipinski definition) is 7. The number of rotatable bonds is 9. The first kappa shape index (κ1) is 20.2. The van der Waals surface area contributed by atoms with E-state index in [1.165, 1.54) is 6.92 Å². The number of ketones is 2. The van der Waals surface area contributed by atoms with Crippen molar-refractivity contribution >= 4 is 11.6 Å². The summed E-state index contributed by atoms with van der Waals surface area (Å²) in [6.45, 7) is 3.69. The molecule has 0 aliphatic rings. The van der Waals surface area contributed by atoms with Gasteiger partial charge in [0.1, 0.15) is 18.1 Å². The number of carbonyl (C=O) groups excluding carboxylic acids is 2. The van der Waals surface area contributed by atoms with Crippen LogP contribution in [0.15, 0.2) is 36.4 Å². The second-order valence-corrected chi connectivity index (χ2v) is 6.65. The Morgan fingerprint density at radius 3 is 2.52 bits per heavy atom. The molecule has 0 aliphatic carbocycles.